The average molecular weight is 302 g/mol. The maximum Gasteiger partial charge on any atom is 0.0632 e. The fourth-order valence-electron chi connectivity index (χ4n) is 2.81. The van der Waals surface area contributed by atoms with Crippen LogP contribution in [0.3, 0.4) is 0 Å². The molecule has 0 saturated heterocycles. The molecule has 1 heterocycles. The number of halogens is 1. The van der Waals surface area contributed by atoms with Gasteiger partial charge in [0.1, 0.15) is 0 Å². The van der Waals surface area contributed by atoms with E-state index in [0.717, 1.165) is 36.7 Å². The first kappa shape index (κ1) is 13.1. The Kier molecular flexibility index (Phi) is 4.22. The lowest BCUT2D eigenvalue weighted by atomic mass is 9.79. The van der Waals surface area contributed by atoms with E-state index in [1.807, 2.05) is 17.1 Å². The number of likely N-dealkylation sites (N-methyl/N-ethyl adjacent to an activating group) is 1. The van der Waals surface area contributed by atoms with Crippen LogP contribution in [0.1, 0.15) is 38.6 Å². The summed E-state index contributed by atoms with van der Waals surface area (Å²) in [5.41, 5.74) is -0.115. The van der Waals surface area contributed by atoms with Gasteiger partial charge in [0, 0.05) is 11.7 Å². The van der Waals surface area contributed by atoms with Crippen molar-refractivity contribution in [3.05, 3.63) is 16.9 Å². The Morgan fingerprint density at radius 3 is 3.12 bits per heavy atom. The number of aliphatic hydroxyl groups excluding tert-OH is 1. The lowest BCUT2D eigenvalue weighted by Gasteiger charge is -2.40. The largest absolute Gasteiger partial charge is 0.394 e. The van der Waals surface area contributed by atoms with Crippen molar-refractivity contribution in [2.45, 2.75) is 44.2 Å². The third kappa shape index (κ3) is 2.89. The molecule has 2 unspecified atom stereocenters. The zero-order valence-electron chi connectivity index (χ0n) is 10.2. The molecule has 0 aliphatic heterocycles. The Morgan fingerprint density at radius 1 is 1.71 bits per heavy atom. The minimum Gasteiger partial charge on any atom is -0.394 e. The molecule has 0 spiro atoms. The molecular formula is C12H20BrN3O. The highest BCUT2D eigenvalue weighted by molar-refractivity contribution is 9.10. The molecule has 0 bridgehead atoms. The summed E-state index contributed by atoms with van der Waals surface area (Å²) in [6, 6.07) is 0.390. The van der Waals surface area contributed by atoms with Crippen molar-refractivity contribution in [1.29, 1.82) is 0 Å². The smallest absolute Gasteiger partial charge is 0.0632 e. The van der Waals surface area contributed by atoms with Crippen molar-refractivity contribution in [2.75, 3.05) is 13.2 Å². The fraction of sp³-hybridized carbons (Fsp3) is 0.750. The van der Waals surface area contributed by atoms with Crippen LogP contribution in [0.4, 0.5) is 0 Å². The standard InChI is InChI=1S/C12H20BrN3O/c1-2-14-12(9-17)5-3-4-11(6-12)16-8-10(13)7-15-16/h7-8,11,14,17H,2-6,9H2,1H3. The highest BCUT2D eigenvalue weighted by Crippen LogP contribution is 2.35. The number of nitrogens with one attached hydrogen (secondary N) is 1. The van der Waals surface area contributed by atoms with Crippen molar-refractivity contribution in [3.63, 3.8) is 0 Å². The zero-order valence-corrected chi connectivity index (χ0v) is 11.8. The predicted molar refractivity (Wildman–Crippen MR) is 70.9 cm³/mol. The van der Waals surface area contributed by atoms with Crippen molar-refractivity contribution in [3.8, 4) is 0 Å². The van der Waals surface area contributed by atoms with E-state index >= 15 is 0 Å². The molecule has 1 aromatic heterocycles. The Labute approximate surface area is 111 Å². The van der Waals surface area contributed by atoms with Crippen LogP contribution in [0, 0.1) is 0 Å². The van der Waals surface area contributed by atoms with E-state index in [9.17, 15) is 5.11 Å². The minimum atomic E-state index is -0.115. The van der Waals surface area contributed by atoms with Crippen LogP contribution in [0.5, 0.6) is 0 Å². The van der Waals surface area contributed by atoms with Crippen LogP contribution in [-0.4, -0.2) is 33.6 Å². The highest BCUT2D eigenvalue weighted by atomic mass is 79.9. The number of aliphatic hydroxyl groups is 1. The van der Waals surface area contributed by atoms with Crippen LogP contribution in [0.15, 0.2) is 16.9 Å². The third-order valence-electron chi connectivity index (χ3n) is 3.62. The number of rotatable bonds is 4. The van der Waals surface area contributed by atoms with Gasteiger partial charge in [-0.3, -0.25) is 4.68 Å². The number of nitrogens with zero attached hydrogens (tertiary/aromatic N) is 2. The van der Waals surface area contributed by atoms with Gasteiger partial charge < -0.3 is 10.4 Å². The van der Waals surface area contributed by atoms with Crippen LogP contribution in [0.25, 0.3) is 0 Å². The second kappa shape index (κ2) is 5.50. The molecule has 4 nitrogen and oxygen atoms in total. The van der Waals surface area contributed by atoms with Gasteiger partial charge in [0.05, 0.1) is 23.3 Å². The average Bonchev–Trinajstić information content (AvgIpc) is 2.77. The maximum atomic E-state index is 9.64. The van der Waals surface area contributed by atoms with Crippen LogP contribution in [-0.2, 0) is 0 Å². The number of hydrogen-bond donors (Lipinski definition) is 2. The van der Waals surface area contributed by atoms with E-state index in [0.29, 0.717) is 6.04 Å². The van der Waals surface area contributed by atoms with Gasteiger partial charge in [-0.25, -0.2) is 0 Å². The van der Waals surface area contributed by atoms with Crippen molar-refractivity contribution >= 4 is 15.9 Å². The summed E-state index contributed by atoms with van der Waals surface area (Å²) in [7, 11) is 0. The van der Waals surface area contributed by atoms with E-state index < -0.39 is 0 Å². The summed E-state index contributed by atoms with van der Waals surface area (Å²) < 4.78 is 3.03. The zero-order chi connectivity index (χ0) is 12.3. The Morgan fingerprint density at radius 2 is 2.53 bits per heavy atom. The molecule has 1 aromatic rings. The molecule has 0 amide bonds. The van der Waals surface area contributed by atoms with Gasteiger partial charge in [0.25, 0.3) is 0 Å². The van der Waals surface area contributed by atoms with Gasteiger partial charge in [0.15, 0.2) is 0 Å². The highest BCUT2D eigenvalue weighted by Gasteiger charge is 2.36. The van der Waals surface area contributed by atoms with Gasteiger partial charge in [-0.15, -0.1) is 0 Å². The summed E-state index contributed by atoms with van der Waals surface area (Å²) >= 11 is 3.43. The first-order valence-electron chi connectivity index (χ1n) is 6.24. The first-order chi connectivity index (χ1) is 8.19. The molecule has 2 N–H and O–H groups in total. The van der Waals surface area contributed by atoms with Gasteiger partial charge in [-0.05, 0) is 48.2 Å². The van der Waals surface area contributed by atoms with E-state index in [2.05, 4.69) is 33.3 Å². The topological polar surface area (TPSA) is 50.1 Å². The second-order valence-corrected chi connectivity index (χ2v) is 5.77. The lowest BCUT2D eigenvalue weighted by molar-refractivity contribution is 0.0961. The normalized spacial score (nSPS) is 29.5. The number of hydrogen-bond acceptors (Lipinski definition) is 3. The first-order valence-corrected chi connectivity index (χ1v) is 7.04. The van der Waals surface area contributed by atoms with E-state index in [1.54, 1.807) is 0 Å². The van der Waals surface area contributed by atoms with Gasteiger partial charge >= 0.3 is 0 Å². The minimum absolute atomic E-state index is 0.115. The van der Waals surface area contributed by atoms with Gasteiger partial charge in [-0.1, -0.05) is 6.92 Å². The van der Waals surface area contributed by atoms with E-state index in [-0.39, 0.29) is 12.1 Å². The predicted octanol–water partition coefficient (Wildman–Crippen LogP) is 2.10. The van der Waals surface area contributed by atoms with Crippen LogP contribution in [0.2, 0.25) is 0 Å². The molecule has 0 radical (unpaired) electrons. The fourth-order valence-corrected chi connectivity index (χ4v) is 3.11. The molecule has 0 aromatic carbocycles. The molecular weight excluding hydrogens is 282 g/mol. The van der Waals surface area contributed by atoms with Crippen LogP contribution < -0.4 is 5.32 Å². The maximum absolute atomic E-state index is 9.64. The van der Waals surface area contributed by atoms with Gasteiger partial charge in [0.2, 0.25) is 0 Å². The summed E-state index contributed by atoms with van der Waals surface area (Å²) in [6.07, 6.45) is 8.12. The summed E-state index contributed by atoms with van der Waals surface area (Å²) in [5, 5.41) is 17.5. The summed E-state index contributed by atoms with van der Waals surface area (Å²) in [6.45, 7) is 3.20. The SMILES string of the molecule is CCNC1(CO)CCCC(n2cc(Br)cn2)C1. The molecule has 1 aliphatic carbocycles. The van der Waals surface area contributed by atoms with E-state index in [1.165, 1.54) is 0 Å². The van der Waals surface area contributed by atoms with Crippen molar-refractivity contribution in [1.82, 2.24) is 15.1 Å². The Bertz CT molecular complexity index is 364. The molecule has 2 rings (SSSR count). The Hall–Kier alpha value is -0.390. The van der Waals surface area contributed by atoms with Crippen molar-refractivity contribution < 1.29 is 5.11 Å². The molecule has 96 valence electrons. The van der Waals surface area contributed by atoms with E-state index in [4.69, 9.17) is 0 Å². The Balaban J connectivity index is 2.10. The van der Waals surface area contributed by atoms with Crippen molar-refractivity contribution in [2.24, 2.45) is 0 Å². The molecule has 1 saturated carbocycles. The quantitative estimate of drug-likeness (QED) is 0.895. The molecule has 1 aliphatic rings. The lowest BCUT2D eigenvalue weighted by Crippen LogP contribution is -2.51. The molecule has 2 atom stereocenters. The second-order valence-electron chi connectivity index (χ2n) is 4.86. The summed E-state index contributed by atoms with van der Waals surface area (Å²) in [5.74, 6) is 0. The van der Waals surface area contributed by atoms with Gasteiger partial charge in [-0.2, -0.15) is 5.10 Å². The molecule has 5 heteroatoms. The summed E-state index contributed by atoms with van der Waals surface area (Å²) in [4.78, 5) is 0. The van der Waals surface area contributed by atoms with Crippen LogP contribution >= 0.6 is 15.9 Å². The number of aromatic nitrogens is 2. The molecule has 17 heavy (non-hydrogen) atoms. The monoisotopic (exact) mass is 301 g/mol. The molecule has 1 fully saturated rings. The third-order valence-corrected chi connectivity index (χ3v) is 4.03.